The molecular weight excluding hydrogens is 388 g/mol. The lowest BCUT2D eigenvalue weighted by Gasteiger charge is -2.00. The van der Waals surface area contributed by atoms with Gasteiger partial charge in [0.05, 0.1) is 12.6 Å². The van der Waals surface area contributed by atoms with Crippen molar-refractivity contribution in [2.45, 2.75) is 45.4 Å². The molecule has 1 aromatic carbocycles. The number of benzene rings is 1. The summed E-state index contributed by atoms with van der Waals surface area (Å²) in [6.07, 6.45) is 8.13. The van der Waals surface area contributed by atoms with Crippen LogP contribution in [0.25, 0.3) is 10.9 Å². The summed E-state index contributed by atoms with van der Waals surface area (Å²) in [4.78, 5) is 27.1. The number of nitrogens with one attached hydrogen (secondary N) is 3. The molecule has 2 amide bonds. The van der Waals surface area contributed by atoms with Gasteiger partial charge in [0, 0.05) is 29.1 Å². The standard InChI is InChI=1S/C20H24N6O2S/c1-2-3-4-5-10-17(27)23-20-26-25-19(29-20)11-18(28)24-22-13-14-12-21-16-9-7-6-8-15(14)16/h6-9,12-13,21H,2-5,10-11H2,1H3,(H,24,28)(H,23,26,27)/b22-13-. The van der Waals surface area contributed by atoms with Crippen LogP contribution in [-0.4, -0.2) is 33.2 Å². The van der Waals surface area contributed by atoms with Gasteiger partial charge in [-0.05, 0) is 12.5 Å². The second-order valence-electron chi connectivity index (χ2n) is 6.62. The number of fused-ring (bicyclic) bond motifs is 1. The summed E-state index contributed by atoms with van der Waals surface area (Å²) < 4.78 is 0. The largest absolute Gasteiger partial charge is 0.361 e. The van der Waals surface area contributed by atoms with Gasteiger partial charge in [0.15, 0.2) is 0 Å². The third kappa shape index (κ3) is 6.21. The maximum Gasteiger partial charge on any atom is 0.247 e. The van der Waals surface area contributed by atoms with E-state index in [9.17, 15) is 9.59 Å². The molecule has 9 heteroatoms. The Morgan fingerprint density at radius 3 is 2.90 bits per heavy atom. The molecular formula is C20H24N6O2S. The second kappa shape index (κ2) is 10.5. The Bertz CT molecular complexity index is 994. The molecule has 0 fully saturated rings. The molecule has 2 heterocycles. The van der Waals surface area contributed by atoms with Gasteiger partial charge in [0.2, 0.25) is 16.9 Å². The second-order valence-corrected chi connectivity index (χ2v) is 7.68. The number of carbonyl (C=O) groups is 2. The maximum atomic E-state index is 12.1. The van der Waals surface area contributed by atoms with Crippen LogP contribution in [0.1, 0.15) is 49.6 Å². The summed E-state index contributed by atoms with van der Waals surface area (Å²) in [5.74, 6) is -0.369. The first-order valence-corrected chi connectivity index (χ1v) is 10.5. The van der Waals surface area contributed by atoms with Gasteiger partial charge >= 0.3 is 0 Å². The quantitative estimate of drug-likeness (QED) is 0.268. The summed E-state index contributed by atoms with van der Waals surface area (Å²) in [6.45, 7) is 2.13. The molecule has 3 rings (SSSR count). The smallest absolute Gasteiger partial charge is 0.247 e. The number of aromatic nitrogens is 3. The lowest BCUT2D eigenvalue weighted by molar-refractivity contribution is -0.120. The number of amides is 2. The van der Waals surface area contributed by atoms with E-state index in [0.717, 1.165) is 42.1 Å². The van der Waals surface area contributed by atoms with E-state index < -0.39 is 0 Å². The molecule has 0 saturated carbocycles. The third-order valence-electron chi connectivity index (χ3n) is 4.30. The van der Waals surface area contributed by atoms with Crippen molar-refractivity contribution < 1.29 is 9.59 Å². The van der Waals surface area contributed by atoms with Gasteiger partial charge < -0.3 is 10.3 Å². The fraction of sp³-hybridized carbons (Fsp3) is 0.350. The highest BCUT2D eigenvalue weighted by Crippen LogP contribution is 2.17. The molecule has 0 radical (unpaired) electrons. The Kier molecular flexibility index (Phi) is 7.46. The maximum absolute atomic E-state index is 12.1. The van der Waals surface area contributed by atoms with E-state index in [1.54, 1.807) is 6.21 Å². The number of hydrogen-bond donors (Lipinski definition) is 3. The summed E-state index contributed by atoms with van der Waals surface area (Å²) >= 11 is 1.19. The summed E-state index contributed by atoms with van der Waals surface area (Å²) in [7, 11) is 0. The van der Waals surface area contributed by atoms with Crippen LogP contribution in [0.4, 0.5) is 5.13 Å². The molecule has 152 valence electrons. The van der Waals surface area contributed by atoms with E-state index in [4.69, 9.17) is 0 Å². The van der Waals surface area contributed by atoms with Gasteiger partial charge in [-0.25, -0.2) is 5.43 Å². The van der Waals surface area contributed by atoms with Gasteiger partial charge in [-0.1, -0.05) is 55.7 Å². The molecule has 0 atom stereocenters. The fourth-order valence-electron chi connectivity index (χ4n) is 2.82. The molecule has 0 aliphatic rings. The van der Waals surface area contributed by atoms with Gasteiger partial charge in [-0.15, -0.1) is 10.2 Å². The van der Waals surface area contributed by atoms with Crippen LogP contribution in [0.15, 0.2) is 35.6 Å². The van der Waals surface area contributed by atoms with Crippen molar-refractivity contribution in [3.05, 3.63) is 41.0 Å². The Morgan fingerprint density at radius 1 is 1.17 bits per heavy atom. The summed E-state index contributed by atoms with van der Waals surface area (Å²) in [5, 5.41) is 16.6. The van der Waals surface area contributed by atoms with Crippen LogP contribution in [0.3, 0.4) is 0 Å². The number of aromatic amines is 1. The van der Waals surface area contributed by atoms with Crippen molar-refractivity contribution in [3.8, 4) is 0 Å². The minimum absolute atomic E-state index is 0.0509. The van der Waals surface area contributed by atoms with E-state index in [1.165, 1.54) is 11.3 Å². The van der Waals surface area contributed by atoms with Gasteiger partial charge in [0.1, 0.15) is 5.01 Å². The van der Waals surface area contributed by atoms with E-state index in [-0.39, 0.29) is 18.2 Å². The van der Waals surface area contributed by atoms with Crippen LogP contribution < -0.4 is 10.7 Å². The number of hydrogen-bond acceptors (Lipinski definition) is 6. The van der Waals surface area contributed by atoms with E-state index in [2.05, 4.69) is 37.9 Å². The Morgan fingerprint density at radius 2 is 2.03 bits per heavy atom. The number of para-hydroxylation sites is 1. The van der Waals surface area contributed by atoms with Crippen molar-refractivity contribution in [1.29, 1.82) is 0 Å². The predicted octanol–water partition coefficient (Wildman–Crippen LogP) is 3.62. The highest BCUT2D eigenvalue weighted by atomic mass is 32.1. The van der Waals surface area contributed by atoms with Crippen LogP contribution in [-0.2, 0) is 16.0 Å². The van der Waals surface area contributed by atoms with Gasteiger partial charge in [0.25, 0.3) is 0 Å². The lowest BCUT2D eigenvalue weighted by atomic mass is 10.1. The number of unbranched alkanes of at least 4 members (excludes halogenated alkanes) is 3. The highest BCUT2D eigenvalue weighted by Gasteiger charge is 2.11. The van der Waals surface area contributed by atoms with Crippen molar-refractivity contribution in [2.75, 3.05) is 5.32 Å². The fourth-order valence-corrected chi connectivity index (χ4v) is 3.58. The monoisotopic (exact) mass is 412 g/mol. The van der Waals surface area contributed by atoms with Crippen LogP contribution in [0.2, 0.25) is 0 Å². The topological polar surface area (TPSA) is 112 Å². The van der Waals surface area contributed by atoms with Crippen LogP contribution >= 0.6 is 11.3 Å². The molecule has 8 nitrogen and oxygen atoms in total. The van der Waals surface area contributed by atoms with Gasteiger partial charge in [-0.3, -0.25) is 9.59 Å². The van der Waals surface area contributed by atoms with Crippen LogP contribution in [0.5, 0.6) is 0 Å². The molecule has 3 aromatic rings. The SMILES string of the molecule is CCCCCCC(=O)Nc1nnc(CC(=O)N/N=C\c2c[nH]c3ccccc23)s1. The average Bonchev–Trinajstić information content (AvgIpc) is 3.32. The lowest BCUT2D eigenvalue weighted by Crippen LogP contribution is -2.19. The molecule has 0 spiro atoms. The number of hydrazone groups is 1. The molecule has 3 N–H and O–H groups in total. The number of nitrogens with zero attached hydrogens (tertiary/aromatic N) is 3. The molecule has 2 aromatic heterocycles. The third-order valence-corrected chi connectivity index (χ3v) is 5.14. The Hall–Kier alpha value is -3.07. The van der Waals surface area contributed by atoms with Gasteiger partial charge in [-0.2, -0.15) is 5.10 Å². The zero-order chi connectivity index (χ0) is 20.5. The van der Waals surface area contributed by atoms with E-state index in [1.807, 2.05) is 30.5 Å². The average molecular weight is 413 g/mol. The molecule has 0 aliphatic heterocycles. The minimum Gasteiger partial charge on any atom is -0.361 e. The van der Waals surface area contributed by atoms with Crippen molar-refractivity contribution in [3.63, 3.8) is 0 Å². The number of H-pyrrole nitrogens is 1. The Labute approximate surface area is 172 Å². The molecule has 0 aliphatic carbocycles. The molecule has 0 saturated heterocycles. The zero-order valence-corrected chi connectivity index (χ0v) is 17.1. The van der Waals surface area contributed by atoms with Crippen molar-refractivity contribution in [2.24, 2.45) is 5.10 Å². The predicted molar refractivity (Wildman–Crippen MR) is 115 cm³/mol. The van der Waals surface area contributed by atoms with E-state index >= 15 is 0 Å². The Balaban J connectivity index is 1.44. The highest BCUT2D eigenvalue weighted by molar-refractivity contribution is 7.15. The number of carbonyl (C=O) groups excluding carboxylic acids is 2. The first-order valence-electron chi connectivity index (χ1n) is 9.66. The number of anilines is 1. The first-order chi connectivity index (χ1) is 14.2. The zero-order valence-electron chi connectivity index (χ0n) is 16.3. The summed E-state index contributed by atoms with van der Waals surface area (Å²) in [6, 6.07) is 7.86. The van der Waals surface area contributed by atoms with Crippen molar-refractivity contribution >= 4 is 45.4 Å². The minimum atomic E-state index is -0.297. The van der Waals surface area contributed by atoms with Crippen molar-refractivity contribution in [1.82, 2.24) is 20.6 Å². The molecule has 29 heavy (non-hydrogen) atoms. The van der Waals surface area contributed by atoms with Crippen LogP contribution in [0, 0.1) is 0 Å². The molecule has 0 unspecified atom stereocenters. The summed E-state index contributed by atoms with van der Waals surface area (Å²) in [5.41, 5.74) is 4.39. The number of rotatable bonds is 10. The first kappa shape index (κ1) is 20.7. The van der Waals surface area contributed by atoms with E-state index in [0.29, 0.717) is 16.6 Å². The molecule has 0 bridgehead atoms. The normalized spacial score (nSPS) is 11.2.